The molecule has 0 radical (unpaired) electrons. The molecule has 1 rings (SSSR count). The molecule has 1 aliphatic rings. The van der Waals surface area contributed by atoms with Crippen LogP contribution >= 0.6 is 0 Å². The van der Waals surface area contributed by atoms with E-state index in [1.165, 1.54) is 7.11 Å². The minimum absolute atomic E-state index is 0.0426. The van der Waals surface area contributed by atoms with Crippen molar-refractivity contribution in [2.75, 3.05) is 13.7 Å². The maximum absolute atomic E-state index is 11.4. The second-order valence-electron chi connectivity index (χ2n) is 4.78. The number of amides is 1. The molecule has 1 heterocycles. The SMILES string of the molecule is COC(=O)C1COC(C(C)(C)C)N1C(=O)O. The highest BCUT2D eigenvalue weighted by Crippen LogP contribution is 2.32. The lowest BCUT2D eigenvalue weighted by atomic mass is 9.93. The summed E-state index contributed by atoms with van der Waals surface area (Å²) in [6.07, 6.45) is -1.80. The molecule has 0 aromatic carbocycles. The molecule has 2 unspecified atom stereocenters. The number of rotatable bonds is 1. The highest BCUT2D eigenvalue weighted by Gasteiger charge is 2.47. The van der Waals surface area contributed by atoms with Crippen LogP contribution < -0.4 is 0 Å². The first-order valence-corrected chi connectivity index (χ1v) is 4.99. The van der Waals surface area contributed by atoms with Gasteiger partial charge in [-0.15, -0.1) is 0 Å². The Bertz CT molecular complexity index is 296. The van der Waals surface area contributed by atoms with Gasteiger partial charge >= 0.3 is 12.1 Å². The summed E-state index contributed by atoms with van der Waals surface area (Å²) >= 11 is 0. The lowest BCUT2D eigenvalue weighted by molar-refractivity contribution is -0.145. The molecule has 16 heavy (non-hydrogen) atoms. The molecule has 1 amide bonds. The molecule has 92 valence electrons. The van der Waals surface area contributed by atoms with Crippen LogP contribution in [0.4, 0.5) is 4.79 Å². The van der Waals surface area contributed by atoms with E-state index in [1.54, 1.807) is 0 Å². The van der Waals surface area contributed by atoms with E-state index in [2.05, 4.69) is 4.74 Å². The second kappa shape index (κ2) is 4.29. The third kappa shape index (κ3) is 2.27. The van der Waals surface area contributed by atoms with Gasteiger partial charge in [-0.25, -0.2) is 9.59 Å². The Balaban J connectivity index is 2.94. The minimum atomic E-state index is -1.17. The largest absolute Gasteiger partial charge is 0.467 e. The first-order valence-electron chi connectivity index (χ1n) is 4.99. The maximum atomic E-state index is 11.4. The fourth-order valence-corrected chi connectivity index (χ4v) is 1.72. The smallest absolute Gasteiger partial charge is 0.410 e. The molecule has 1 aliphatic heterocycles. The number of carbonyl (C=O) groups excluding carboxylic acids is 1. The van der Waals surface area contributed by atoms with Crippen LogP contribution in [0.3, 0.4) is 0 Å². The van der Waals surface area contributed by atoms with E-state index in [0.29, 0.717) is 0 Å². The van der Waals surface area contributed by atoms with Gasteiger partial charge in [-0.2, -0.15) is 0 Å². The zero-order chi connectivity index (χ0) is 12.5. The van der Waals surface area contributed by atoms with Gasteiger partial charge in [0, 0.05) is 5.41 Å². The summed E-state index contributed by atoms with van der Waals surface area (Å²) in [7, 11) is 1.23. The van der Waals surface area contributed by atoms with Gasteiger partial charge in [0.15, 0.2) is 6.04 Å². The van der Waals surface area contributed by atoms with Gasteiger partial charge in [0.1, 0.15) is 6.23 Å². The topological polar surface area (TPSA) is 76.1 Å². The quantitative estimate of drug-likeness (QED) is 0.679. The molecule has 2 atom stereocenters. The van der Waals surface area contributed by atoms with Gasteiger partial charge in [0.2, 0.25) is 0 Å². The zero-order valence-electron chi connectivity index (χ0n) is 9.89. The Morgan fingerprint density at radius 1 is 1.44 bits per heavy atom. The van der Waals surface area contributed by atoms with Crippen LogP contribution in [0.25, 0.3) is 0 Å². The van der Waals surface area contributed by atoms with Crippen LogP contribution in [0.1, 0.15) is 20.8 Å². The Kier molecular flexibility index (Phi) is 3.42. The van der Waals surface area contributed by atoms with Crippen LogP contribution in [-0.2, 0) is 14.3 Å². The molecule has 0 spiro atoms. The molecular formula is C10H17NO5. The number of hydrogen-bond acceptors (Lipinski definition) is 4. The van der Waals surface area contributed by atoms with Gasteiger partial charge < -0.3 is 14.6 Å². The van der Waals surface area contributed by atoms with Crippen LogP contribution in [0, 0.1) is 5.41 Å². The third-order valence-corrected chi connectivity index (χ3v) is 2.44. The number of ether oxygens (including phenoxy) is 2. The van der Waals surface area contributed by atoms with E-state index in [4.69, 9.17) is 9.84 Å². The van der Waals surface area contributed by atoms with Crippen LogP contribution in [0.2, 0.25) is 0 Å². The molecule has 1 fully saturated rings. The average molecular weight is 231 g/mol. The molecule has 0 aromatic heterocycles. The summed E-state index contributed by atoms with van der Waals surface area (Å²) in [4.78, 5) is 23.5. The van der Waals surface area contributed by atoms with Gasteiger partial charge in [-0.05, 0) is 0 Å². The number of esters is 1. The van der Waals surface area contributed by atoms with Gasteiger partial charge in [0.05, 0.1) is 13.7 Å². The predicted octanol–water partition coefficient (Wildman–Crippen LogP) is 0.910. The first-order chi connectivity index (χ1) is 7.29. The van der Waals surface area contributed by atoms with Crippen LogP contribution in [0.5, 0.6) is 0 Å². The highest BCUT2D eigenvalue weighted by molar-refractivity contribution is 5.81. The fraction of sp³-hybridized carbons (Fsp3) is 0.800. The maximum Gasteiger partial charge on any atom is 0.410 e. The molecule has 0 aliphatic carbocycles. The van der Waals surface area contributed by atoms with E-state index in [1.807, 2.05) is 20.8 Å². The first kappa shape index (κ1) is 12.8. The summed E-state index contributed by atoms with van der Waals surface area (Å²) in [6, 6.07) is -0.869. The number of hydrogen-bond donors (Lipinski definition) is 1. The van der Waals surface area contributed by atoms with Crippen molar-refractivity contribution in [1.29, 1.82) is 0 Å². The number of carbonyl (C=O) groups is 2. The summed E-state index contributed by atoms with van der Waals surface area (Å²) in [6.45, 7) is 5.61. The summed E-state index contributed by atoms with van der Waals surface area (Å²) in [5.41, 5.74) is -0.388. The van der Waals surface area contributed by atoms with Crippen molar-refractivity contribution >= 4 is 12.1 Å². The van der Waals surface area contributed by atoms with E-state index < -0.39 is 24.3 Å². The summed E-state index contributed by atoms with van der Waals surface area (Å²) < 4.78 is 9.92. The Labute approximate surface area is 94.1 Å². The Morgan fingerprint density at radius 2 is 2.00 bits per heavy atom. The molecular weight excluding hydrogens is 214 g/mol. The average Bonchev–Trinajstić information content (AvgIpc) is 2.59. The van der Waals surface area contributed by atoms with Crippen molar-refractivity contribution in [3.8, 4) is 0 Å². The fourth-order valence-electron chi connectivity index (χ4n) is 1.72. The van der Waals surface area contributed by atoms with Crippen molar-refractivity contribution in [3.63, 3.8) is 0 Å². The standard InChI is InChI=1S/C10H17NO5/c1-10(2,3)8-11(9(13)14)6(5-16-8)7(12)15-4/h6,8H,5H2,1-4H3,(H,13,14). The van der Waals surface area contributed by atoms with E-state index in [9.17, 15) is 9.59 Å². The molecule has 0 bridgehead atoms. The zero-order valence-corrected chi connectivity index (χ0v) is 9.89. The third-order valence-electron chi connectivity index (χ3n) is 2.44. The van der Waals surface area contributed by atoms with Crippen molar-refractivity contribution in [3.05, 3.63) is 0 Å². The van der Waals surface area contributed by atoms with E-state index in [0.717, 1.165) is 4.90 Å². The molecule has 0 saturated carbocycles. The second-order valence-corrected chi connectivity index (χ2v) is 4.78. The van der Waals surface area contributed by atoms with Gasteiger partial charge in [0.25, 0.3) is 0 Å². The highest BCUT2D eigenvalue weighted by atomic mass is 16.6. The molecule has 6 nitrogen and oxygen atoms in total. The molecule has 6 heteroatoms. The Morgan fingerprint density at radius 3 is 2.38 bits per heavy atom. The van der Waals surface area contributed by atoms with Crippen molar-refractivity contribution < 1.29 is 24.2 Å². The van der Waals surface area contributed by atoms with Crippen LogP contribution in [0.15, 0.2) is 0 Å². The predicted molar refractivity (Wildman–Crippen MR) is 54.9 cm³/mol. The minimum Gasteiger partial charge on any atom is -0.467 e. The van der Waals surface area contributed by atoms with Gasteiger partial charge in [-0.3, -0.25) is 4.90 Å². The number of carboxylic acid groups (broad SMARTS) is 1. The van der Waals surface area contributed by atoms with Crippen LogP contribution in [-0.4, -0.2) is 48.1 Å². The Hall–Kier alpha value is -1.30. The molecule has 0 aromatic rings. The normalized spacial score (nSPS) is 25.6. The van der Waals surface area contributed by atoms with E-state index in [-0.39, 0.29) is 12.0 Å². The van der Waals surface area contributed by atoms with E-state index >= 15 is 0 Å². The lowest BCUT2D eigenvalue weighted by Crippen LogP contribution is -2.49. The molecule has 1 N–H and O–H groups in total. The van der Waals surface area contributed by atoms with Crippen molar-refractivity contribution in [1.82, 2.24) is 4.90 Å². The van der Waals surface area contributed by atoms with Gasteiger partial charge in [-0.1, -0.05) is 20.8 Å². The summed E-state index contributed by atoms with van der Waals surface area (Å²) in [5.74, 6) is -0.589. The summed E-state index contributed by atoms with van der Waals surface area (Å²) in [5, 5.41) is 9.10. The number of nitrogens with zero attached hydrogens (tertiary/aromatic N) is 1. The lowest BCUT2D eigenvalue weighted by Gasteiger charge is -2.33. The van der Waals surface area contributed by atoms with Crippen molar-refractivity contribution in [2.45, 2.75) is 33.0 Å². The molecule has 1 saturated heterocycles. The number of methoxy groups -OCH3 is 1. The van der Waals surface area contributed by atoms with Crippen molar-refractivity contribution in [2.24, 2.45) is 5.41 Å². The monoisotopic (exact) mass is 231 g/mol.